The van der Waals surface area contributed by atoms with Gasteiger partial charge in [0.2, 0.25) is 5.91 Å². The molecule has 2 rings (SSSR count). The topological polar surface area (TPSA) is 58.4 Å². The highest BCUT2D eigenvalue weighted by molar-refractivity contribution is 5.82. The maximum atomic E-state index is 12.4. The van der Waals surface area contributed by atoms with Gasteiger partial charge in [-0.2, -0.15) is 0 Å². The minimum absolute atomic E-state index is 0.0850. The van der Waals surface area contributed by atoms with Crippen molar-refractivity contribution in [2.75, 3.05) is 19.6 Å². The van der Waals surface area contributed by atoms with Crippen LogP contribution in [0.1, 0.15) is 31.9 Å². The Hall–Kier alpha value is -1.39. The van der Waals surface area contributed by atoms with Gasteiger partial charge in [-0.3, -0.25) is 4.79 Å². The van der Waals surface area contributed by atoms with Gasteiger partial charge in [-0.15, -0.1) is 0 Å². The lowest BCUT2D eigenvalue weighted by Gasteiger charge is -2.36. The summed E-state index contributed by atoms with van der Waals surface area (Å²) in [5.41, 5.74) is 7.30. The van der Waals surface area contributed by atoms with E-state index in [0.29, 0.717) is 6.54 Å². The van der Waals surface area contributed by atoms with Gasteiger partial charge in [-0.05, 0) is 11.5 Å². The van der Waals surface area contributed by atoms with E-state index in [9.17, 15) is 4.79 Å². The average Bonchev–Trinajstić information content (AvgIpc) is 2.53. The summed E-state index contributed by atoms with van der Waals surface area (Å²) in [6, 6.07) is 10.1. The lowest BCUT2D eigenvalue weighted by atomic mass is 9.97. The normalized spacial score (nSPS) is 22.4. The molecule has 0 aromatic heterocycles. The Labute approximate surface area is 121 Å². The van der Waals surface area contributed by atoms with Crippen LogP contribution in [0.25, 0.3) is 0 Å². The van der Waals surface area contributed by atoms with Crippen LogP contribution in [-0.2, 0) is 4.79 Å². The van der Waals surface area contributed by atoms with Gasteiger partial charge in [0.05, 0.1) is 6.04 Å². The van der Waals surface area contributed by atoms with E-state index < -0.39 is 0 Å². The van der Waals surface area contributed by atoms with E-state index in [0.717, 1.165) is 19.5 Å². The van der Waals surface area contributed by atoms with Gasteiger partial charge < -0.3 is 16.0 Å². The molecule has 1 aromatic carbocycles. The molecule has 1 saturated heterocycles. The smallest absolute Gasteiger partial charge is 0.239 e. The van der Waals surface area contributed by atoms with Gasteiger partial charge >= 0.3 is 0 Å². The van der Waals surface area contributed by atoms with Crippen LogP contribution >= 0.6 is 0 Å². The Morgan fingerprint density at radius 2 is 2.15 bits per heavy atom. The number of hydrogen-bond donors (Lipinski definition) is 2. The second-order valence-corrected chi connectivity index (χ2v) is 5.61. The van der Waals surface area contributed by atoms with Crippen molar-refractivity contribution in [2.24, 2.45) is 11.7 Å². The van der Waals surface area contributed by atoms with E-state index in [1.807, 2.05) is 30.0 Å². The molecule has 3 atom stereocenters. The van der Waals surface area contributed by atoms with Crippen LogP contribution in [0.2, 0.25) is 0 Å². The predicted octanol–water partition coefficient (Wildman–Crippen LogP) is 1.53. The van der Waals surface area contributed by atoms with Crippen LogP contribution < -0.4 is 11.1 Å². The van der Waals surface area contributed by atoms with Gasteiger partial charge in [0.1, 0.15) is 0 Å². The molecule has 0 aliphatic carbocycles. The Balaban J connectivity index is 2.02. The van der Waals surface area contributed by atoms with Crippen molar-refractivity contribution in [1.29, 1.82) is 0 Å². The molecule has 1 amide bonds. The fourth-order valence-electron chi connectivity index (χ4n) is 2.57. The number of nitrogens with two attached hydrogens (primary N) is 1. The maximum Gasteiger partial charge on any atom is 0.239 e. The Morgan fingerprint density at radius 3 is 2.80 bits per heavy atom. The van der Waals surface area contributed by atoms with Crippen LogP contribution in [0.5, 0.6) is 0 Å². The highest BCUT2D eigenvalue weighted by Gasteiger charge is 2.29. The van der Waals surface area contributed by atoms with Gasteiger partial charge in [0, 0.05) is 25.7 Å². The van der Waals surface area contributed by atoms with E-state index in [1.54, 1.807) is 0 Å². The highest BCUT2D eigenvalue weighted by atomic mass is 16.2. The molecule has 0 bridgehead atoms. The SMILES string of the molecule is CCC(C)[C@H](N)C(=O)N1CCNC(c2ccccc2)C1. The van der Waals surface area contributed by atoms with E-state index in [1.165, 1.54) is 5.56 Å². The number of rotatable bonds is 4. The molecular weight excluding hydrogens is 250 g/mol. The number of nitrogens with zero attached hydrogens (tertiary/aromatic N) is 1. The quantitative estimate of drug-likeness (QED) is 0.876. The minimum Gasteiger partial charge on any atom is -0.338 e. The summed E-state index contributed by atoms with van der Waals surface area (Å²) in [4.78, 5) is 14.4. The van der Waals surface area contributed by atoms with Crippen molar-refractivity contribution in [3.8, 4) is 0 Å². The molecule has 110 valence electrons. The fraction of sp³-hybridized carbons (Fsp3) is 0.562. The monoisotopic (exact) mass is 275 g/mol. The molecule has 0 spiro atoms. The first-order valence-electron chi connectivity index (χ1n) is 7.46. The Morgan fingerprint density at radius 1 is 1.45 bits per heavy atom. The third-order valence-corrected chi connectivity index (χ3v) is 4.23. The third kappa shape index (κ3) is 3.38. The molecule has 1 fully saturated rings. The number of carbonyl (C=O) groups is 1. The summed E-state index contributed by atoms with van der Waals surface area (Å²) in [6.07, 6.45) is 0.932. The number of nitrogens with one attached hydrogen (secondary N) is 1. The molecule has 0 saturated carbocycles. The predicted molar refractivity (Wildman–Crippen MR) is 81.2 cm³/mol. The number of benzene rings is 1. The molecule has 2 unspecified atom stereocenters. The summed E-state index contributed by atoms with van der Waals surface area (Å²) in [6.45, 7) is 6.37. The zero-order valence-corrected chi connectivity index (χ0v) is 12.4. The first-order valence-corrected chi connectivity index (χ1v) is 7.46. The largest absolute Gasteiger partial charge is 0.338 e. The van der Waals surface area contributed by atoms with Crippen molar-refractivity contribution in [2.45, 2.75) is 32.4 Å². The zero-order chi connectivity index (χ0) is 14.5. The maximum absolute atomic E-state index is 12.4. The molecule has 1 aromatic rings. The van der Waals surface area contributed by atoms with Crippen LogP contribution in [0, 0.1) is 5.92 Å². The van der Waals surface area contributed by atoms with Gasteiger partial charge in [0.15, 0.2) is 0 Å². The molecule has 1 aliphatic rings. The number of piperazine rings is 1. The summed E-state index contributed by atoms with van der Waals surface area (Å²) >= 11 is 0. The molecule has 4 nitrogen and oxygen atoms in total. The van der Waals surface area contributed by atoms with Crippen LogP contribution in [-0.4, -0.2) is 36.5 Å². The summed E-state index contributed by atoms with van der Waals surface area (Å²) in [7, 11) is 0. The molecule has 4 heteroatoms. The van der Waals surface area contributed by atoms with Crippen LogP contribution in [0.4, 0.5) is 0 Å². The first-order chi connectivity index (χ1) is 9.63. The van der Waals surface area contributed by atoms with Crippen molar-refractivity contribution in [3.05, 3.63) is 35.9 Å². The molecule has 3 N–H and O–H groups in total. The van der Waals surface area contributed by atoms with Gasteiger partial charge in [0.25, 0.3) is 0 Å². The average molecular weight is 275 g/mol. The van der Waals surface area contributed by atoms with Crippen molar-refractivity contribution < 1.29 is 4.79 Å². The Bertz CT molecular complexity index is 435. The molecule has 0 radical (unpaired) electrons. The Kier molecular flexibility index (Phi) is 5.15. The van der Waals surface area contributed by atoms with Gasteiger partial charge in [-0.25, -0.2) is 0 Å². The number of hydrogen-bond acceptors (Lipinski definition) is 3. The molecular formula is C16H25N3O. The molecule has 20 heavy (non-hydrogen) atoms. The van der Waals surface area contributed by atoms with Crippen molar-refractivity contribution in [3.63, 3.8) is 0 Å². The van der Waals surface area contributed by atoms with Crippen LogP contribution in [0.15, 0.2) is 30.3 Å². The zero-order valence-electron chi connectivity index (χ0n) is 12.4. The van der Waals surface area contributed by atoms with Crippen LogP contribution in [0.3, 0.4) is 0 Å². The van der Waals surface area contributed by atoms with E-state index in [4.69, 9.17) is 5.73 Å². The summed E-state index contributed by atoms with van der Waals surface area (Å²) < 4.78 is 0. The molecule has 1 heterocycles. The standard InChI is InChI=1S/C16H25N3O/c1-3-12(2)15(17)16(20)19-10-9-18-14(11-19)13-7-5-4-6-8-13/h4-8,12,14-15,18H,3,9-11,17H2,1-2H3/t12?,14?,15-/m0/s1. The van der Waals surface area contributed by atoms with E-state index in [-0.39, 0.29) is 23.9 Å². The first kappa shape index (κ1) is 15.0. The summed E-state index contributed by atoms with van der Waals surface area (Å²) in [5.74, 6) is 0.314. The lowest BCUT2D eigenvalue weighted by Crippen LogP contribution is -2.54. The van der Waals surface area contributed by atoms with Crippen molar-refractivity contribution in [1.82, 2.24) is 10.2 Å². The number of carbonyl (C=O) groups excluding carboxylic acids is 1. The van der Waals surface area contributed by atoms with Crippen molar-refractivity contribution >= 4 is 5.91 Å². The van der Waals surface area contributed by atoms with E-state index >= 15 is 0 Å². The highest BCUT2D eigenvalue weighted by Crippen LogP contribution is 2.18. The lowest BCUT2D eigenvalue weighted by molar-refractivity contribution is -0.135. The minimum atomic E-state index is -0.380. The van der Waals surface area contributed by atoms with Gasteiger partial charge in [-0.1, -0.05) is 50.6 Å². The van der Waals surface area contributed by atoms with E-state index in [2.05, 4.69) is 24.4 Å². The third-order valence-electron chi connectivity index (χ3n) is 4.23. The summed E-state index contributed by atoms with van der Waals surface area (Å²) in [5, 5.41) is 3.47. The number of amides is 1. The fourth-order valence-corrected chi connectivity index (χ4v) is 2.57. The second kappa shape index (κ2) is 6.86. The molecule has 1 aliphatic heterocycles. The second-order valence-electron chi connectivity index (χ2n) is 5.61.